The number of rotatable bonds is 12. The largest absolute Gasteiger partial charge is 0.478 e. The molecule has 32 heavy (non-hydrogen) atoms. The van der Waals surface area contributed by atoms with E-state index in [9.17, 15) is 4.79 Å². The van der Waals surface area contributed by atoms with Gasteiger partial charge in [0.25, 0.3) is 0 Å². The van der Waals surface area contributed by atoms with E-state index in [0.29, 0.717) is 51.0 Å². The normalized spacial score (nSPS) is 22.5. The number of methoxy groups -OCH3 is 1. The minimum absolute atomic E-state index is 0.132. The van der Waals surface area contributed by atoms with Gasteiger partial charge in [-0.25, -0.2) is 0 Å². The van der Waals surface area contributed by atoms with Crippen LogP contribution in [0.3, 0.4) is 0 Å². The zero-order valence-corrected chi connectivity index (χ0v) is 19.4. The first kappa shape index (κ1) is 24.2. The van der Waals surface area contributed by atoms with Crippen molar-refractivity contribution in [3.63, 3.8) is 0 Å². The zero-order chi connectivity index (χ0) is 22.6. The molecule has 5 nitrogen and oxygen atoms in total. The van der Waals surface area contributed by atoms with Gasteiger partial charge in [-0.2, -0.15) is 0 Å². The fraction of sp³-hybridized carbons (Fsp3) is 0.556. The lowest BCUT2D eigenvalue weighted by molar-refractivity contribution is -0.108. The quantitative estimate of drug-likeness (QED) is 0.145. The predicted octanol–water partition coefficient (Wildman–Crippen LogP) is 4.75. The summed E-state index contributed by atoms with van der Waals surface area (Å²) in [5.41, 5.74) is 4.73. The molecule has 0 radical (unpaired) electrons. The highest BCUT2D eigenvalue weighted by Crippen LogP contribution is 2.40. The molecule has 0 bridgehead atoms. The molecular formula is C27H35NO4. The summed E-state index contributed by atoms with van der Waals surface area (Å²) in [6.07, 6.45) is 15.8. The van der Waals surface area contributed by atoms with E-state index in [1.165, 1.54) is 11.1 Å². The molecule has 3 rings (SSSR count). The molecule has 3 aliphatic carbocycles. The van der Waals surface area contributed by atoms with Crippen molar-refractivity contribution in [3.05, 3.63) is 46.6 Å². The van der Waals surface area contributed by atoms with Crippen molar-refractivity contribution in [2.45, 2.75) is 58.0 Å². The number of carbonyl (C=O) groups excluding carboxylic acids is 1. The summed E-state index contributed by atoms with van der Waals surface area (Å²) in [5, 5.41) is 0. The van der Waals surface area contributed by atoms with E-state index in [0.717, 1.165) is 49.5 Å². The second-order valence-electron chi connectivity index (χ2n) is 8.32. The standard InChI is InChI=1S/C27H35NO4/c1-3-17-32-27(23-7-4-6-21(8-9-23)20-30-2)28-15-5-18-31-25-12-13-26-22(14-16-29)10-11-24(26)19-25/h8-9,13,16,19,22,25H,3,5,7,10-12,14-15,17-18,20H2,1-2H3/t22-,25?/m1/s1. The SMILES string of the molecule is CCCOC(=NCCCOC1C=C2CC[C@H](CC=O)C2=CC1)C1=CC=C(COC)C#CC1. The number of nitrogens with zero attached hydrogens (tertiary/aromatic N) is 1. The maximum atomic E-state index is 10.9. The lowest BCUT2D eigenvalue weighted by atomic mass is 9.92. The van der Waals surface area contributed by atoms with Crippen molar-refractivity contribution >= 4 is 12.2 Å². The molecule has 1 saturated carbocycles. The number of carbonyl (C=O) groups is 1. The summed E-state index contributed by atoms with van der Waals surface area (Å²) in [7, 11) is 1.68. The molecule has 0 amide bonds. The average molecular weight is 438 g/mol. The van der Waals surface area contributed by atoms with Crippen LogP contribution in [0.4, 0.5) is 0 Å². The van der Waals surface area contributed by atoms with E-state index in [4.69, 9.17) is 19.2 Å². The number of hydrogen-bond acceptors (Lipinski definition) is 5. The van der Waals surface area contributed by atoms with Crippen molar-refractivity contribution < 1.29 is 19.0 Å². The van der Waals surface area contributed by atoms with Gasteiger partial charge in [-0.3, -0.25) is 4.99 Å². The summed E-state index contributed by atoms with van der Waals surface area (Å²) in [6, 6.07) is 0. The van der Waals surface area contributed by atoms with Crippen LogP contribution in [0.5, 0.6) is 0 Å². The van der Waals surface area contributed by atoms with E-state index in [2.05, 4.69) is 30.9 Å². The van der Waals surface area contributed by atoms with E-state index in [-0.39, 0.29) is 6.10 Å². The van der Waals surface area contributed by atoms with Gasteiger partial charge in [0.05, 0.1) is 19.3 Å². The maximum Gasteiger partial charge on any atom is 0.212 e. The van der Waals surface area contributed by atoms with Crippen LogP contribution in [0.1, 0.15) is 51.9 Å². The van der Waals surface area contributed by atoms with Crippen molar-refractivity contribution in [1.29, 1.82) is 0 Å². The molecule has 1 unspecified atom stereocenters. The van der Waals surface area contributed by atoms with E-state index in [1.54, 1.807) is 7.11 Å². The van der Waals surface area contributed by atoms with Crippen LogP contribution < -0.4 is 0 Å². The number of hydrogen-bond donors (Lipinski definition) is 0. The third-order valence-electron chi connectivity index (χ3n) is 5.83. The zero-order valence-electron chi connectivity index (χ0n) is 19.4. The monoisotopic (exact) mass is 437 g/mol. The highest BCUT2D eigenvalue weighted by atomic mass is 16.5. The van der Waals surface area contributed by atoms with E-state index >= 15 is 0 Å². The maximum absolute atomic E-state index is 10.9. The Labute approximate surface area is 192 Å². The van der Waals surface area contributed by atoms with Crippen LogP contribution in [0.15, 0.2) is 51.6 Å². The van der Waals surface area contributed by atoms with Crippen molar-refractivity contribution in [1.82, 2.24) is 0 Å². The molecule has 0 aromatic heterocycles. The third kappa shape index (κ3) is 7.05. The number of ether oxygens (including phenoxy) is 3. The van der Waals surface area contributed by atoms with Gasteiger partial charge < -0.3 is 19.0 Å². The van der Waals surface area contributed by atoms with Crippen LogP contribution >= 0.6 is 0 Å². The van der Waals surface area contributed by atoms with Crippen LogP contribution in [0.25, 0.3) is 0 Å². The molecule has 3 aliphatic rings. The van der Waals surface area contributed by atoms with Crippen molar-refractivity contribution in [2.24, 2.45) is 10.9 Å². The molecule has 172 valence electrons. The molecular weight excluding hydrogens is 402 g/mol. The highest BCUT2D eigenvalue weighted by molar-refractivity contribution is 5.94. The van der Waals surface area contributed by atoms with Gasteiger partial charge in [-0.1, -0.05) is 37.0 Å². The second-order valence-corrected chi connectivity index (χ2v) is 8.32. The first-order valence-corrected chi connectivity index (χ1v) is 11.8. The van der Waals surface area contributed by atoms with Gasteiger partial charge in [0, 0.05) is 44.2 Å². The van der Waals surface area contributed by atoms with Crippen LogP contribution in [0.2, 0.25) is 0 Å². The van der Waals surface area contributed by atoms with Crippen molar-refractivity contribution in [2.75, 3.05) is 33.5 Å². The second kappa shape index (κ2) is 13.2. The molecule has 0 saturated heterocycles. The van der Waals surface area contributed by atoms with Gasteiger partial charge in [0.1, 0.15) is 6.29 Å². The summed E-state index contributed by atoms with van der Waals surface area (Å²) in [4.78, 5) is 15.6. The highest BCUT2D eigenvalue weighted by Gasteiger charge is 2.28. The number of aliphatic imine (C=N–C) groups is 1. The first-order valence-electron chi connectivity index (χ1n) is 11.8. The summed E-state index contributed by atoms with van der Waals surface area (Å²) >= 11 is 0. The Hall–Kier alpha value is -2.42. The molecule has 0 aliphatic heterocycles. The van der Waals surface area contributed by atoms with Crippen LogP contribution in [-0.2, 0) is 19.0 Å². The summed E-state index contributed by atoms with van der Waals surface area (Å²) in [5.74, 6) is 7.42. The Bertz CT molecular complexity index is 866. The molecule has 0 heterocycles. The Morgan fingerprint density at radius 3 is 3.03 bits per heavy atom. The van der Waals surface area contributed by atoms with Gasteiger partial charge in [0.2, 0.25) is 5.90 Å². The third-order valence-corrected chi connectivity index (χ3v) is 5.83. The molecule has 2 atom stereocenters. The minimum Gasteiger partial charge on any atom is -0.478 e. The van der Waals surface area contributed by atoms with Crippen LogP contribution in [0, 0.1) is 17.8 Å². The number of allylic oxidation sites excluding steroid dienone is 4. The Kier molecular flexibility index (Phi) is 9.99. The lowest BCUT2D eigenvalue weighted by Gasteiger charge is -2.20. The molecule has 0 spiro atoms. The Morgan fingerprint density at radius 1 is 1.31 bits per heavy atom. The smallest absolute Gasteiger partial charge is 0.212 e. The number of fused-ring (bicyclic) bond motifs is 1. The predicted molar refractivity (Wildman–Crippen MR) is 128 cm³/mol. The Balaban J connectivity index is 1.48. The fourth-order valence-corrected chi connectivity index (χ4v) is 4.24. The van der Waals surface area contributed by atoms with Crippen molar-refractivity contribution in [3.8, 4) is 11.8 Å². The molecule has 1 fully saturated rings. The average Bonchev–Trinajstić information content (AvgIpc) is 3.05. The molecule has 0 aromatic carbocycles. The van der Waals surface area contributed by atoms with E-state index < -0.39 is 0 Å². The topological polar surface area (TPSA) is 57.1 Å². The fourth-order valence-electron chi connectivity index (χ4n) is 4.24. The molecule has 5 heteroatoms. The van der Waals surface area contributed by atoms with Gasteiger partial charge in [0.15, 0.2) is 0 Å². The van der Waals surface area contributed by atoms with Gasteiger partial charge >= 0.3 is 0 Å². The molecule has 0 aromatic rings. The molecule has 0 N–H and O–H groups in total. The number of aldehydes is 1. The Morgan fingerprint density at radius 2 is 2.22 bits per heavy atom. The van der Waals surface area contributed by atoms with Gasteiger partial charge in [-0.15, -0.1) is 0 Å². The first-order chi connectivity index (χ1) is 15.7. The summed E-state index contributed by atoms with van der Waals surface area (Å²) in [6.45, 7) is 4.57. The summed E-state index contributed by atoms with van der Waals surface area (Å²) < 4.78 is 17.2. The lowest BCUT2D eigenvalue weighted by Crippen LogP contribution is -2.16. The van der Waals surface area contributed by atoms with E-state index in [1.807, 2.05) is 12.2 Å². The minimum atomic E-state index is 0.132. The van der Waals surface area contributed by atoms with Crippen LogP contribution in [-0.4, -0.2) is 51.8 Å². The van der Waals surface area contributed by atoms with Gasteiger partial charge in [-0.05, 0) is 55.2 Å².